The second kappa shape index (κ2) is 10.7. The van der Waals surface area contributed by atoms with E-state index in [1.165, 1.54) is 12.1 Å². The standard InChI is InChI=1S/C18H22O5S.K/c1-2-3-4-8-11-15-16(19)12-13-17(18(15)24(20,21)22)23-14-9-6-5-7-10-14;/h5-7,9-10,12-13,19H,2-4,8,11H2,1H3,(H,20,21,22);/q;+1/p-1. The molecule has 0 fully saturated rings. The first-order chi connectivity index (χ1) is 11.4. The number of hydrogen-bond donors (Lipinski definition) is 1. The summed E-state index contributed by atoms with van der Waals surface area (Å²) in [5.74, 6) is -0.00805. The number of benzene rings is 2. The molecule has 1 N–H and O–H groups in total. The Kier molecular flexibility index (Phi) is 9.65. The number of para-hydroxylation sites is 1. The van der Waals surface area contributed by atoms with E-state index in [9.17, 15) is 18.1 Å². The van der Waals surface area contributed by atoms with Crippen molar-refractivity contribution in [2.75, 3.05) is 0 Å². The van der Waals surface area contributed by atoms with Crippen molar-refractivity contribution < 1.29 is 74.2 Å². The first-order valence-electron chi connectivity index (χ1n) is 7.96. The number of unbranched alkanes of at least 4 members (excludes halogenated alkanes) is 3. The van der Waals surface area contributed by atoms with Crippen molar-refractivity contribution in [3.05, 3.63) is 48.0 Å². The Labute approximate surface area is 191 Å². The van der Waals surface area contributed by atoms with Crippen molar-refractivity contribution >= 4 is 10.1 Å². The molecule has 0 atom stereocenters. The zero-order valence-corrected chi connectivity index (χ0v) is 18.5. The van der Waals surface area contributed by atoms with Gasteiger partial charge in [0.15, 0.2) is 0 Å². The predicted molar refractivity (Wildman–Crippen MR) is 90.1 cm³/mol. The van der Waals surface area contributed by atoms with E-state index in [4.69, 9.17) is 4.74 Å². The van der Waals surface area contributed by atoms with Crippen LogP contribution in [0.15, 0.2) is 47.4 Å². The van der Waals surface area contributed by atoms with Crippen LogP contribution in [-0.2, 0) is 16.5 Å². The third-order valence-corrected chi connectivity index (χ3v) is 4.65. The maximum atomic E-state index is 12.1. The van der Waals surface area contributed by atoms with E-state index in [0.29, 0.717) is 18.6 Å². The Morgan fingerprint density at radius 2 is 1.72 bits per heavy atom. The monoisotopic (exact) mass is 388 g/mol. The normalized spacial score (nSPS) is 11.0. The third kappa shape index (κ3) is 6.67. The van der Waals surface area contributed by atoms with Crippen molar-refractivity contribution in [1.82, 2.24) is 0 Å². The van der Waals surface area contributed by atoms with E-state index in [1.54, 1.807) is 30.3 Å². The van der Waals surface area contributed by atoms with E-state index >= 15 is 0 Å². The maximum absolute atomic E-state index is 12.1. The van der Waals surface area contributed by atoms with Gasteiger partial charge in [-0.2, -0.15) is 8.42 Å². The third-order valence-electron chi connectivity index (χ3n) is 3.69. The van der Waals surface area contributed by atoms with Gasteiger partial charge in [-0.25, -0.2) is 0 Å². The smallest absolute Gasteiger partial charge is 0.872 e. The van der Waals surface area contributed by atoms with Crippen LogP contribution in [0.3, 0.4) is 0 Å². The molecule has 0 saturated heterocycles. The first kappa shape index (κ1) is 22.6. The Morgan fingerprint density at radius 3 is 2.32 bits per heavy atom. The minimum Gasteiger partial charge on any atom is -0.872 e. The van der Waals surface area contributed by atoms with Crippen molar-refractivity contribution in [2.45, 2.75) is 43.9 Å². The van der Waals surface area contributed by atoms with Gasteiger partial charge in [-0.15, -0.1) is 5.75 Å². The topological polar surface area (TPSA) is 86.7 Å². The summed E-state index contributed by atoms with van der Waals surface area (Å²) in [5.41, 5.74) is 0.0852. The molecule has 7 heteroatoms. The number of rotatable bonds is 8. The summed E-state index contributed by atoms with van der Waals surface area (Å²) in [6, 6.07) is 11.2. The molecule has 0 heterocycles. The van der Waals surface area contributed by atoms with E-state index in [1.807, 2.05) is 0 Å². The van der Waals surface area contributed by atoms with Crippen LogP contribution in [-0.4, -0.2) is 13.0 Å². The van der Waals surface area contributed by atoms with Crippen molar-refractivity contribution in [3.8, 4) is 17.2 Å². The summed E-state index contributed by atoms with van der Waals surface area (Å²) in [4.78, 5) is -0.421. The van der Waals surface area contributed by atoms with Gasteiger partial charge < -0.3 is 9.84 Å². The molecule has 0 bridgehead atoms. The summed E-state index contributed by atoms with van der Waals surface area (Å²) in [5, 5.41) is 12.1. The largest absolute Gasteiger partial charge is 1.00 e. The molecular weight excluding hydrogens is 367 g/mol. The van der Waals surface area contributed by atoms with Gasteiger partial charge in [0.1, 0.15) is 16.4 Å². The number of hydrogen-bond acceptors (Lipinski definition) is 4. The molecule has 0 aliphatic carbocycles. The molecule has 0 spiro atoms. The van der Waals surface area contributed by atoms with E-state index in [2.05, 4.69) is 6.92 Å². The van der Waals surface area contributed by atoms with Gasteiger partial charge in [-0.05, 0) is 36.6 Å². The summed E-state index contributed by atoms with van der Waals surface area (Å²) in [6.07, 6.45) is 3.91. The van der Waals surface area contributed by atoms with Crippen LogP contribution < -0.4 is 61.2 Å². The van der Waals surface area contributed by atoms with Gasteiger partial charge in [-0.3, -0.25) is 4.55 Å². The average Bonchev–Trinajstić information content (AvgIpc) is 2.54. The molecule has 130 valence electrons. The van der Waals surface area contributed by atoms with Crippen molar-refractivity contribution in [3.63, 3.8) is 0 Å². The van der Waals surface area contributed by atoms with E-state index < -0.39 is 20.8 Å². The Bertz CT molecular complexity index is 776. The Hall–Kier alpha value is -0.414. The van der Waals surface area contributed by atoms with Crippen LogP contribution in [0, 0.1) is 0 Å². The number of ether oxygens (including phenoxy) is 1. The Balaban J connectivity index is 0.00000312. The van der Waals surface area contributed by atoms with Crippen LogP contribution in [0.25, 0.3) is 0 Å². The molecule has 5 nitrogen and oxygen atoms in total. The predicted octanol–water partition coefficient (Wildman–Crippen LogP) is 0.926. The molecule has 0 unspecified atom stereocenters. The molecule has 0 saturated carbocycles. The summed E-state index contributed by atoms with van der Waals surface area (Å²) < 4.78 is 38.9. The van der Waals surface area contributed by atoms with Crippen molar-refractivity contribution in [2.24, 2.45) is 0 Å². The van der Waals surface area contributed by atoms with Crippen LogP contribution in [0.2, 0.25) is 0 Å². The first-order valence-corrected chi connectivity index (χ1v) is 9.40. The van der Waals surface area contributed by atoms with E-state index in [-0.39, 0.29) is 62.7 Å². The minimum absolute atomic E-state index is 0. The second-order valence-corrected chi connectivity index (χ2v) is 6.93. The summed E-state index contributed by atoms with van der Waals surface area (Å²) in [7, 11) is -4.57. The zero-order chi connectivity index (χ0) is 17.6. The van der Waals surface area contributed by atoms with Crippen molar-refractivity contribution in [1.29, 1.82) is 0 Å². The Morgan fingerprint density at radius 1 is 1.04 bits per heavy atom. The summed E-state index contributed by atoms with van der Waals surface area (Å²) >= 11 is 0. The van der Waals surface area contributed by atoms with Gasteiger partial charge in [0.25, 0.3) is 10.1 Å². The molecule has 0 radical (unpaired) electrons. The molecule has 2 aromatic carbocycles. The molecule has 2 rings (SSSR count). The van der Waals surface area contributed by atoms with Gasteiger partial charge in [-0.1, -0.05) is 50.5 Å². The van der Waals surface area contributed by atoms with Crippen LogP contribution in [0.1, 0.15) is 38.2 Å². The van der Waals surface area contributed by atoms with Gasteiger partial charge in [0.2, 0.25) is 0 Å². The van der Waals surface area contributed by atoms with Crippen LogP contribution in [0.5, 0.6) is 17.2 Å². The summed E-state index contributed by atoms with van der Waals surface area (Å²) in [6.45, 7) is 2.07. The second-order valence-electron chi connectivity index (χ2n) is 5.57. The molecule has 2 aromatic rings. The maximum Gasteiger partial charge on any atom is 1.00 e. The minimum atomic E-state index is -4.57. The van der Waals surface area contributed by atoms with Gasteiger partial charge in [0, 0.05) is 0 Å². The fraction of sp³-hybridized carbons (Fsp3) is 0.333. The van der Waals surface area contributed by atoms with Crippen LogP contribution in [0.4, 0.5) is 0 Å². The molecule has 0 amide bonds. The van der Waals surface area contributed by atoms with Gasteiger partial charge in [0.05, 0.1) is 0 Å². The molecule has 25 heavy (non-hydrogen) atoms. The van der Waals surface area contributed by atoms with E-state index in [0.717, 1.165) is 19.3 Å². The fourth-order valence-corrected chi connectivity index (χ4v) is 3.41. The van der Waals surface area contributed by atoms with Crippen LogP contribution >= 0.6 is 0 Å². The SMILES string of the molecule is CCCCCCc1c([O-])ccc(Oc2ccccc2)c1S(=O)(=O)O.[K+]. The van der Waals surface area contributed by atoms with Gasteiger partial charge >= 0.3 is 51.4 Å². The zero-order valence-electron chi connectivity index (χ0n) is 14.6. The molecule has 0 aliphatic heterocycles. The molecular formula is C18H21KO5S. The quantitative estimate of drug-likeness (QED) is 0.413. The molecule has 0 aliphatic rings. The fourth-order valence-electron chi connectivity index (χ4n) is 2.53. The molecule has 0 aromatic heterocycles. The average molecular weight is 389 g/mol.